The van der Waals surface area contributed by atoms with Gasteiger partial charge in [0.25, 0.3) is 0 Å². The lowest BCUT2D eigenvalue weighted by molar-refractivity contribution is 0.0212. The van der Waals surface area contributed by atoms with Crippen LogP contribution in [-0.2, 0) is 4.74 Å². The van der Waals surface area contributed by atoms with E-state index in [2.05, 4.69) is 5.32 Å². The van der Waals surface area contributed by atoms with Gasteiger partial charge in [-0.2, -0.15) is 0 Å². The summed E-state index contributed by atoms with van der Waals surface area (Å²) in [6.45, 7) is 2.65. The van der Waals surface area contributed by atoms with Crippen LogP contribution in [0.15, 0.2) is 22.3 Å². The molecular weight excluding hydrogens is 335 g/mol. The van der Waals surface area contributed by atoms with Gasteiger partial charge in [0.2, 0.25) is 5.43 Å². The highest BCUT2D eigenvalue weighted by atomic mass is 32.1. The number of carboxylic acids is 1. The van der Waals surface area contributed by atoms with Gasteiger partial charge in [0.1, 0.15) is 11.4 Å². The first-order chi connectivity index (χ1) is 11.5. The summed E-state index contributed by atoms with van der Waals surface area (Å²) in [7, 11) is 0. The molecule has 0 aliphatic carbocycles. The first-order valence-electron chi connectivity index (χ1n) is 7.63. The number of nitrogens with one attached hydrogen (secondary N) is 1. The zero-order chi connectivity index (χ0) is 16.8. The maximum absolute atomic E-state index is 14.6. The Kier molecular flexibility index (Phi) is 3.75. The Bertz CT molecular complexity index is 870. The van der Waals surface area contributed by atoms with E-state index in [1.807, 2.05) is 4.90 Å². The maximum atomic E-state index is 14.6. The van der Waals surface area contributed by atoms with E-state index in [4.69, 9.17) is 9.84 Å². The predicted molar refractivity (Wildman–Crippen MR) is 88.8 cm³/mol. The molecule has 2 N–H and O–H groups in total. The van der Waals surface area contributed by atoms with Crippen LogP contribution in [0.1, 0.15) is 10.4 Å². The second-order valence-electron chi connectivity index (χ2n) is 5.96. The summed E-state index contributed by atoms with van der Waals surface area (Å²) in [5.74, 6) is -1.82. The Morgan fingerprint density at radius 3 is 3.00 bits per heavy atom. The molecule has 1 aromatic heterocycles. The van der Waals surface area contributed by atoms with Gasteiger partial charge in [0, 0.05) is 35.1 Å². The Balaban J connectivity index is 1.75. The molecule has 8 heteroatoms. The van der Waals surface area contributed by atoms with Gasteiger partial charge in [0.05, 0.1) is 24.4 Å². The van der Waals surface area contributed by atoms with Crippen LogP contribution in [0.25, 0.3) is 10.1 Å². The zero-order valence-corrected chi connectivity index (χ0v) is 13.4. The summed E-state index contributed by atoms with van der Waals surface area (Å²) in [5, 5.41) is 13.8. The minimum Gasteiger partial charge on any atom is -0.478 e. The lowest BCUT2D eigenvalue weighted by Crippen LogP contribution is -2.47. The molecule has 2 saturated heterocycles. The van der Waals surface area contributed by atoms with Crippen molar-refractivity contribution in [2.45, 2.75) is 12.1 Å². The fourth-order valence-corrected chi connectivity index (χ4v) is 4.23. The van der Waals surface area contributed by atoms with Crippen molar-refractivity contribution < 1.29 is 19.0 Å². The third kappa shape index (κ3) is 2.47. The average molecular weight is 350 g/mol. The van der Waals surface area contributed by atoms with Gasteiger partial charge in [-0.25, -0.2) is 9.18 Å². The number of halogens is 1. The van der Waals surface area contributed by atoms with E-state index in [1.165, 1.54) is 5.38 Å². The molecule has 6 nitrogen and oxygen atoms in total. The van der Waals surface area contributed by atoms with Crippen molar-refractivity contribution in [3.8, 4) is 0 Å². The van der Waals surface area contributed by atoms with E-state index in [-0.39, 0.29) is 23.1 Å². The highest BCUT2D eigenvalue weighted by Gasteiger charge is 2.36. The number of hydrogen-bond acceptors (Lipinski definition) is 6. The van der Waals surface area contributed by atoms with Crippen LogP contribution >= 0.6 is 11.3 Å². The molecule has 0 radical (unpaired) electrons. The molecule has 2 aliphatic heterocycles. The molecule has 2 aliphatic rings. The van der Waals surface area contributed by atoms with Crippen LogP contribution in [0.2, 0.25) is 0 Å². The number of anilines is 1. The lowest BCUT2D eigenvalue weighted by atomic mass is 10.1. The largest absolute Gasteiger partial charge is 0.478 e. The van der Waals surface area contributed by atoms with Crippen molar-refractivity contribution in [3.05, 3.63) is 39.1 Å². The summed E-state index contributed by atoms with van der Waals surface area (Å²) < 4.78 is 20.9. The monoisotopic (exact) mass is 350 g/mol. The van der Waals surface area contributed by atoms with Crippen LogP contribution < -0.4 is 15.6 Å². The van der Waals surface area contributed by atoms with E-state index < -0.39 is 17.2 Å². The molecular formula is C16H15FN2O4S. The number of hydrogen-bond donors (Lipinski definition) is 2. The van der Waals surface area contributed by atoms with Crippen molar-refractivity contribution in [2.24, 2.45) is 0 Å². The summed E-state index contributed by atoms with van der Waals surface area (Å²) in [6, 6.07) is 2.94. The average Bonchev–Trinajstić information content (AvgIpc) is 2.98. The number of aromatic carboxylic acids is 1. The first kappa shape index (κ1) is 15.5. The second-order valence-corrected chi connectivity index (χ2v) is 6.87. The van der Waals surface area contributed by atoms with Crippen LogP contribution in [0.4, 0.5) is 10.1 Å². The van der Waals surface area contributed by atoms with Crippen molar-refractivity contribution in [2.75, 3.05) is 31.1 Å². The van der Waals surface area contributed by atoms with E-state index >= 15 is 0 Å². The summed E-state index contributed by atoms with van der Waals surface area (Å²) in [6.07, 6.45) is 0.0296. The molecule has 24 heavy (non-hydrogen) atoms. The second kappa shape index (κ2) is 5.80. The smallest absolute Gasteiger partial charge is 0.340 e. The van der Waals surface area contributed by atoms with E-state index in [1.54, 1.807) is 6.07 Å². The van der Waals surface area contributed by atoms with Crippen molar-refractivity contribution in [3.63, 3.8) is 0 Å². The summed E-state index contributed by atoms with van der Waals surface area (Å²) >= 11 is 1.13. The molecule has 1 aromatic carbocycles. The highest BCUT2D eigenvalue weighted by molar-refractivity contribution is 7.16. The molecule has 2 atom stereocenters. The molecule has 0 amide bonds. The van der Waals surface area contributed by atoms with E-state index in [0.717, 1.165) is 23.9 Å². The van der Waals surface area contributed by atoms with Gasteiger partial charge in [-0.15, -0.1) is 11.3 Å². The maximum Gasteiger partial charge on any atom is 0.340 e. The Hall–Kier alpha value is -2.03. The van der Waals surface area contributed by atoms with Gasteiger partial charge >= 0.3 is 5.97 Å². The van der Waals surface area contributed by atoms with Gasteiger partial charge in [-0.1, -0.05) is 0 Å². The summed E-state index contributed by atoms with van der Waals surface area (Å²) in [4.78, 5) is 25.1. The fourth-order valence-electron chi connectivity index (χ4n) is 3.32. The number of benzene rings is 1. The highest BCUT2D eigenvalue weighted by Crippen LogP contribution is 2.30. The molecule has 4 rings (SSSR count). The molecule has 0 saturated carbocycles. The molecule has 3 heterocycles. The van der Waals surface area contributed by atoms with Crippen molar-refractivity contribution in [1.82, 2.24) is 5.32 Å². The minimum absolute atomic E-state index is 0.0296. The number of rotatable bonds is 2. The van der Waals surface area contributed by atoms with Gasteiger partial charge < -0.3 is 20.1 Å². The molecule has 2 fully saturated rings. The SMILES string of the molecule is O=C(O)c1csc2cc(N3C[C@H]4NCCO[C@@H]4C3)c(F)cc2c1=O. The third-order valence-electron chi connectivity index (χ3n) is 4.52. The molecule has 0 bridgehead atoms. The van der Waals surface area contributed by atoms with E-state index in [0.29, 0.717) is 30.1 Å². The Labute approximate surface area is 140 Å². The third-order valence-corrected chi connectivity index (χ3v) is 5.47. The van der Waals surface area contributed by atoms with Crippen molar-refractivity contribution >= 4 is 33.1 Å². The normalized spacial score (nSPS) is 23.5. The lowest BCUT2D eigenvalue weighted by Gasteiger charge is -2.25. The molecule has 0 spiro atoms. The van der Waals surface area contributed by atoms with Gasteiger partial charge in [0.15, 0.2) is 0 Å². The molecule has 2 aromatic rings. The van der Waals surface area contributed by atoms with Crippen LogP contribution in [0, 0.1) is 5.82 Å². The van der Waals surface area contributed by atoms with Crippen molar-refractivity contribution in [1.29, 1.82) is 0 Å². The van der Waals surface area contributed by atoms with E-state index in [9.17, 15) is 14.0 Å². The number of fused-ring (bicyclic) bond motifs is 2. The number of morpholine rings is 1. The van der Waals surface area contributed by atoms with Crippen LogP contribution in [-0.4, -0.2) is 49.5 Å². The topological polar surface area (TPSA) is 78.9 Å². The Morgan fingerprint density at radius 1 is 1.42 bits per heavy atom. The predicted octanol–water partition coefficient (Wildman–Crippen LogP) is 1.28. The summed E-state index contributed by atoms with van der Waals surface area (Å²) in [5.41, 5.74) is -0.563. The van der Waals surface area contributed by atoms with Crippen LogP contribution in [0.5, 0.6) is 0 Å². The zero-order valence-electron chi connectivity index (χ0n) is 12.6. The van der Waals surface area contributed by atoms with Crippen LogP contribution in [0.3, 0.4) is 0 Å². The van der Waals surface area contributed by atoms with Gasteiger partial charge in [-0.3, -0.25) is 4.79 Å². The molecule has 0 unspecified atom stereocenters. The number of nitrogens with zero attached hydrogens (tertiary/aromatic N) is 1. The number of carboxylic acid groups (broad SMARTS) is 1. The minimum atomic E-state index is -1.30. The van der Waals surface area contributed by atoms with Gasteiger partial charge in [-0.05, 0) is 12.1 Å². The quantitative estimate of drug-likeness (QED) is 0.849. The first-order valence-corrected chi connectivity index (χ1v) is 8.51. The Morgan fingerprint density at radius 2 is 2.25 bits per heavy atom. The standard InChI is InChI=1S/C16H15FN2O4S/c17-10-3-8-14(24-7-9(15(8)20)16(21)22)4-12(10)19-5-11-13(6-19)23-2-1-18-11/h3-4,7,11,13,18H,1-2,5-6H2,(H,21,22)/t11-,13-/m1/s1. The fraction of sp³-hybridized carbons (Fsp3) is 0.375. The number of carbonyl (C=O) groups is 1. The number of ether oxygens (including phenoxy) is 1. The molecule has 126 valence electrons.